The van der Waals surface area contributed by atoms with Crippen molar-refractivity contribution in [1.29, 1.82) is 0 Å². The van der Waals surface area contributed by atoms with Crippen LogP contribution in [0.2, 0.25) is 0 Å². The van der Waals surface area contributed by atoms with Gasteiger partial charge in [-0.3, -0.25) is 4.79 Å². The largest absolute Gasteiger partial charge is 0.389 e. The van der Waals surface area contributed by atoms with Crippen LogP contribution in [-0.2, 0) is 0 Å². The lowest BCUT2D eigenvalue weighted by molar-refractivity contribution is 0.0426. The Morgan fingerprint density at radius 2 is 1.92 bits per heavy atom. The second-order valence-corrected chi connectivity index (χ2v) is 7.24. The summed E-state index contributed by atoms with van der Waals surface area (Å²) in [4.78, 5) is 18.8. The third kappa shape index (κ3) is 3.36. The Kier molecular flexibility index (Phi) is 4.38. The van der Waals surface area contributed by atoms with Crippen molar-refractivity contribution in [3.05, 3.63) is 60.2 Å². The van der Waals surface area contributed by atoms with E-state index in [1.54, 1.807) is 28.4 Å². The summed E-state index contributed by atoms with van der Waals surface area (Å²) in [6.07, 6.45) is 0.0729. The molecule has 1 saturated heterocycles. The van der Waals surface area contributed by atoms with Crippen LogP contribution in [0.25, 0.3) is 10.2 Å². The summed E-state index contributed by atoms with van der Waals surface area (Å²) in [6, 6.07) is 17.1. The average Bonchev–Trinajstić information content (AvgIpc) is 3.06. The molecule has 2 N–H and O–H groups in total. The molecule has 1 amide bonds. The van der Waals surface area contributed by atoms with Gasteiger partial charge in [0.15, 0.2) is 5.13 Å². The zero-order valence-electron chi connectivity index (χ0n) is 13.6. The number of thiazole rings is 1. The molecule has 1 aliphatic rings. The molecule has 4 rings (SSSR count). The van der Waals surface area contributed by atoms with E-state index in [-0.39, 0.29) is 11.9 Å². The lowest BCUT2D eigenvalue weighted by Gasteiger charge is -2.36. The summed E-state index contributed by atoms with van der Waals surface area (Å²) in [5, 5.41) is 14.6. The lowest BCUT2D eigenvalue weighted by Crippen LogP contribution is -2.51. The number of hydrogen-bond acceptors (Lipinski definition) is 5. The number of β-amino-alcohol motifs (C(OH)–C–C–N with tert-alkyl or cyclic N) is 1. The van der Waals surface area contributed by atoms with E-state index in [0.29, 0.717) is 25.1 Å². The summed E-state index contributed by atoms with van der Waals surface area (Å²) in [7, 11) is 0. The standard InChI is InChI=1S/C19H19N3O2S/c23-16-12-22(18(24)13-6-2-1-3-7-13)11-10-14(16)20-19-21-15-8-4-5-9-17(15)25-19/h1-9,14,16,23H,10-12H2,(H,20,21)/t14-,16-/m1/s1. The minimum atomic E-state index is -0.617. The summed E-state index contributed by atoms with van der Waals surface area (Å²) in [5.41, 5.74) is 1.62. The number of aliphatic hydroxyl groups excluding tert-OH is 1. The molecule has 25 heavy (non-hydrogen) atoms. The molecule has 5 nitrogen and oxygen atoms in total. The molecule has 0 bridgehead atoms. The Bertz CT molecular complexity index is 848. The number of nitrogens with zero attached hydrogens (tertiary/aromatic N) is 2. The number of likely N-dealkylation sites (tertiary alicyclic amines) is 1. The van der Waals surface area contributed by atoms with E-state index in [0.717, 1.165) is 15.3 Å². The summed E-state index contributed by atoms with van der Waals surface area (Å²) in [6.45, 7) is 0.948. The highest BCUT2D eigenvalue weighted by atomic mass is 32.1. The van der Waals surface area contributed by atoms with E-state index >= 15 is 0 Å². The molecule has 1 aliphatic heterocycles. The smallest absolute Gasteiger partial charge is 0.253 e. The van der Waals surface area contributed by atoms with Crippen molar-refractivity contribution >= 4 is 32.6 Å². The first kappa shape index (κ1) is 16.1. The number of anilines is 1. The van der Waals surface area contributed by atoms with Crippen LogP contribution in [0.4, 0.5) is 5.13 Å². The highest BCUT2D eigenvalue weighted by Crippen LogP contribution is 2.27. The molecule has 0 radical (unpaired) electrons. The molecule has 3 aromatic rings. The quantitative estimate of drug-likeness (QED) is 0.760. The van der Waals surface area contributed by atoms with E-state index in [4.69, 9.17) is 0 Å². The van der Waals surface area contributed by atoms with Gasteiger partial charge in [0.2, 0.25) is 0 Å². The van der Waals surface area contributed by atoms with Gasteiger partial charge >= 0.3 is 0 Å². The van der Waals surface area contributed by atoms with Gasteiger partial charge in [0, 0.05) is 18.7 Å². The number of carbonyl (C=O) groups excluding carboxylic acids is 1. The van der Waals surface area contributed by atoms with E-state index in [1.165, 1.54) is 0 Å². The molecular formula is C19H19N3O2S. The van der Waals surface area contributed by atoms with Crippen LogP contribution in [0.3, 0.4) is 0 Å². The Labute approximate surface area is 149 Å². The zero-order valence-corrected chi connectivity index (χ0v) is 14.4. The van der Waals surface area contributed by atoms with Crippen molar-refractivity contribution in [3.8, 4) is 0 Å². The number of rotatable bonds is 3. The van der Waals surface area contributed by atoms with Gasteiger partial charge in [-0.15, -0.1) is 0 Å². The van der Waals surface area contributed by atoms with E-state index < -0.39 is 6.10 Å². The van der Waals surface area contributed by atoms with E-state index in [2.05, 4.69) is 10.3 Å². The molecule has 1 aromatic heterocycles. The van der Waals surface area contributed by atoms with Crippen molar-refractivity contribution in [2.45, 2.75) is 18.6 Å². The normalized spacial score (nSPS) is 20.6. The fraction of sp³-hybridized carbons (Fsp3) is 0.263. The highest BCUT2D eigenvalue weighted by Gasteiger charge is 2.31. The molecule has 1 fully saturated rings. The SMILES string of the molecule is O=C(c1ccccc1)N1CC[C@@H](Nc2nc3ccccc3s2)[C@H](O)C1. The molecule has 2 atom stereocenters. The van der Waals surface area contributed by atoms with Crippen molar-refractivity contribution in [2.75, 3.05) is 18.4 Å². The number of benzene rings is 2. The number of amides is 1. The number of piperidine rings is 1. The average molecular weight is 353 g/mol. The van der Waals surface area contributed by atoms with Crippen LogP contribution < -0.4 is 5.32 Å². The number of aromatic nitrogens is 1. The highest BCUT2D eigenvalue weighted by molar-refractivity contribution is 7.22. The molecule has 6 heteroatoms. The van der Waals surface area contributed by atoms with Crippen LogP contribution in [0.5, 0.6) is 0 Å². The Morgan fingerprint density at radius 1 is 1.16 bits per heavy atom. The summed E-state index contributed by atoms with van der Waals surface area (Å²) >= 11 is 1.58. The second-order valence-electron chi connectivity index (χ2n) is 6.21. The van der Waals surface area contributed by atoms with Crippen LogP contribution in [0.15, 0.2) is 54.6 Å². The van der Waals surface area contributed by atoms with Crippen molar-refractivity contribution in [1.82, 2.24) is 9.88 Å². The number of hydrogen-bond donors (Lipinski definition) is 2. The summed E-state index contributed by atoms with van der Waals surface area (Å²) < 4.78 is 1.12. The Balaban J connectivity index is 1.42. The number of nitrogens with one attached hydrogen (secondary N) is 1. The van der Waals surface area contributed by atoms with Crippen LogP contribution in [0, 0.1) is 0 Å². The fourth-order valence-corrected chi connectivity index (χ4v) is 4.07. The van der Waals surface area contributed by atoms with E-state index in [1.807, 2.05) is 42.5 Å². The van der Waals surface area contributed by atoms with Crippen molar-refractivity contribution in [2.24, 2.45) is 0 Å². The fourth-order valence-electron chi connectivity index (χ4n) is 3.14. The van der Waals surface area contributed by atoms with Gasteiger partial charge in [0.05, 0.1) is 22.4 Å². The van der Waals surface area contributed by atoms with Gasteiger partial charge in [-0.1, -0.05) is 41.7 Å². The van der Waals surface area contributed by atoms with Gasteiger partial charge < -0.3 is 15.3 Å². The van der Waals surface area contributed by atoms with Crippen LogP contribution in [-0.4, -0.2) is 46.1 Å². The van der Waals surface area contributed by atoms with Crippen LogP contribution >= 0.6 is 11.3 Å². The van der Waals surface area contributed by atoms with Gasteiger partial charge in [0.25, 0.3) is 5.91 Å². The predicted octanol–water partition coefficient (Wildman–Crippen LogP) is 2.98. The third-order valence-corrected chi connectivity index (χ3v) is 5.46. The predicted molar refractivity (Wildman–Crippen MR) is 100 cm³/mol. The maximum atomic E-state index is 12.5. The first-order valence-electron chi connectivity index (χ1n) is 8.35. The molecule has 0 saturated carbocycles. The minimum Gasteiger partial charge on any atom is -0.389 e. The maximum absolute atomic E-state index is 12.5. The minimum absolute atomic E-state index is 0.0295. The maximum Gasteiger partial charge on any atom is 0.253 e. The first-order chi connectivity index (χ1) is 12.2. The molecular weight excluding hydrogens is 334 g/mol. The molecule has 0 unspecified atom stereocenters. The number of fused-ring (bicyclic) bond motifs is 1. The molecule has 0 spiro atoms. The van der Waals surface area contributed by atoms with E-state index in [9.17, 15) is 9.90 Å². The second kappa shape index (κ2) is 6.82. The molecule has 2 heterocycles. The first-order valence-corrected chi connectivity index (χ1v) is 9.17. The number of carbonyl (C=O) groups is 1. The zero-order chi connectivity index (χ0) is 17.2. The molecule has 2 aromatic carbocycles. The van der Waals surface area contributed by atoms with Crippen LogP contribution in [0.1, 0.15) is 16.8 Å². The number of para-hydroxylation sites is 1. The molecule has 0 aliphatic carbocycles. The number of aliphatic hydroxyl groups is 1. The van der Waals surface area contributed by atoms with Crippen molar-refractivity contribution < 1.29 is 9.90 Å². The topological polar surface area (TPSA) is 65.5 Å². The monoisotopic (exact) mass is 353 g/mol. The Morgan fingerprint density at radius 3 is 2.68 bits per heavy atom. The third-order valence-electron chi connectivity index (χ3n) is 4.49. The summed E-state index contributed by atoms with van der Waals surface area (Å²) in [5.74, 6) is -0.0295. The van der Waals surface area contributed by atoms with Gasteiger partial charge in [-0.2, -0.15) is 0 Å². The molecule has 128 valence electrons. The van der Waals surface area contributed by atoms with Gasteiger partial charge in [0.1, 0.15) is 0 Å². The van der Waals surface area contributed by atoms with Gasteiger partial charge in [-0.05, 0) is 30.7 Å². The van der Waals surface area contributed by atoms with Gasteiger partial charge in [-0.25, -0.2) is 4.98 Å². The lowest BCUT2D eigenvalue weighted by atomic mass is 10.0. The van der Waals surface area contributed by atoms with Crippen molar-refractivity contribution in [3.63, 3.8) is 0 Å². The Hall–Kier alpha value is -2.44.